The van der Waals surface area contributed by atoms with Gasteiger partial charge in [0.1, 0.15) is 6.10 Å². The lowest BCUT2D eigenvalue weighted by atomic mass is 9.81. The minimum Gasteiger partial charge on any atom is -0.459 e. The topological polar surface area (TPSA) is 26.3 Å². The second-order valence-electron chi connectivity index (χ2n) is 10.9. The first kappa shape index (κ1) is 26.0. The number of carbonyl (C=O) groups excluding carboxylic acids is 1. The minimum absolute atomic E-state index is 0.108. The Kier molecular flexibility index (Phi) is 11.0. The lowest BCUT2D eigenvalue weighted by Crippen LogP contribution is -2.24. The smallest absolute Gasteiger partial charge is 0.338 e. The molecule has 3 rings (SSSR count). The molecule has 0 saturated heterocycles. The molecule has 1 aromatic carbocycles. The number of esters is 1. The molecule has 2 aliphatic rings. The van der Waals surface area contributed by atoms with Gasteiger partial charge in [0.2, 0.25) is 0 Å². The summed E-state index contributed by atoms with van der Waals surface area (Å²) >= 11 is 0. The number of unbranched alkanes of at least 4 members (excludes halogenated alkanes) is 4. The fraction of sp³-hybridized carbons (Fsp3) is 0.710. The van der Waals surface area contributed by atoms with Crippen LogP contribution in [-0.2, 0) is 4.74 Å². The molecule has 0 amide bonds. The van der Waals surface area contributed by atoms with Gasteiger partial charge < -0.3 is 4.74 Å². The van der Waals surface area contributed by atoms with Crippen LogP contribution < -0.4 is 0 Å². The molecule has 1 fully saturated rings. The fourth-order valence-corrected chi connectivity index (χ4v) is 5.72. The van der Waals surface area contributed by atoms with Crippen LogP contribution in [0.1, 0.15) is 133 Å². The number of hydrogen-bond acceptors (Lipinski definition) is 2. The molecule has 1 aromatic rings. The van der Waals surface area contributed by atoms with Crippen molar-refractivity contribution in [1.29, 1.82) is 0 Å². The monoisotopic (exact) mass is 452 g/mol. The van der Waals surface area contributed by atoms with Crippen LogP contribution in [0.3, 0.4) is 0 Å². The summed E-state index contributed by atoms with van der Waals surface area (Å²) in [5.74, 6) is 2.38. The summed E-state index contributed by atoms with van der Waals surface area (Å²) < 4.78 is 5.88. The van der Waals surface area contributed by atoms with E-state index in [1.54, 1.807) is 0 Å². The Hall–Kier alpha value is -1.57. The molecule has 33 heavy (non-hydrogen) atoms. The van der Waals surface area contributed by atoms with Gasteiger partial charge in [-0.15, -0.1) is 0 Å². The van der Waals surface area contributed by atoms with E-state index in [1.807, 2.05) is 12.1 Å². The molecular formula is C31H48O2. The summed E-state index contributed by atoms with van der Waals surface area (Å²) in [4.78, 5) is 12.7. The van der Waals surface area contributed by atoms with Crippen LogP contribution in [0.4, 0.5) is 0 Å². The van der Waals surface area contributed by atoms with E-state index in [0.717, 1.165) is 37.0 Å². The maximum Gasteiger partial charge on any atom is 0.338 e. The third-order valence-electron chi connectivity index (χ3n) is 8.23. The summed E-state index contributed by atoms with van der Waals surface area (Å²) in [5, 5.41) is 0. The van der Waals surface area contributed by atoms with Gasteiger partial charge in [-0.1, -0.05) is 83.9 Å². The van der Waals surface area contributed by atoms with Crippen LogP contribution in [0.15, 0.2) is 30.3 Å². The van der Waals surface area contributed by atoms with Crippen LogP contribution in [0.5, 0.6) is 0 Å². The lowest BCUT2D eigenvalue weighted by molar-refractivity contribution is 0.0161. The Balaban J connectivity index is 1.39. The van der Waals surface area contributed by atoms with Crippen LogP contribution in [-0.4, -0.2) is 12.1 Å². The van der Waals surface area contributed by atoms with E-state index in [-0.39, 0.29) is 12.1 Å². The molecule has 1 saturated carbocycles. The van der Waals surface area contributed by atoms with E-state index < -0.39 is 0 Å². The first-order chi connectivity index (χ1) is 16.1. The SMILES string of the molecule is CCCCCCC[C@H]1CC[C@H](OC(=O)c2ccc(C3=CCC(CC(C)CC)CC3)cc2)CC1. The highest BCUT2D eigenvalue weighted by molar-refractivity contribution is 5.90. The Morgan fingerprint density at radius 3 is 2.30 bits per heavy atom. The molecule has 0 aromatic heterocycles. The van der Waals surface area contributed by atoms with Gasteiger partial charge in [0.05, 0.1) is 5.56 Å². The Labute approximate surface area is 203 Å². The summed E-state index contributed by atoms with van der Waals surface area (Å²) in [6, 6.07) is 8.16. The molecule has 0 N–H and O–H groups in total. The molecule has 184 valence electrons. The van der Waals surface area contributed by atoms with Crippen LogP contribution in [0.2, 0.25) is 0 Å². The van der Waals surface area contributed by atoms with Gasteiger partial charge in [-0.3, -0.25) is 0 Å². The first-order valence-corrected chi connectivity index (χ1v) is 14.1. The summed E-state index contributed by atoms with van der Waals surface area (Å²) in [6.45, 7) is 6.94. The van der Waals surface area contributed by atoms with E-state index in [2.05, 4.69) is 39.0 Å². The largest absolute Gasteiger partial charge is 0.459 e. The predicted molar refractivity (Wildman–Crippen MR) is 140 cm³/mol. The third-order valence-corrected chi connectivity index (χ3v) is 8.23. The zero-order valence-corrected chi connectivity index (χ0v) is 21.6. The lowest BCUT2D eigenvalue weighted by Gasteiger charge is -2.28. The fourth-order valence-electron chi connectivity index (χ4n) is 5.72. The molecule has 2 nitrogen and oxygen atoms in total. The van der Waals surface area contributed by atoms with Gasteiger partial charge in [0.15, 0.2) is 0 Å². The maximum absolute atomic E-state index is 12.7. The van der Waals surface area contributed by atoms with E-state index in [0.29, 0.717) is 5.56 Å². The van der Waals surface area contributed by atoms with Gasteiger partial charge in [-0.25, -0.2) is 4.79 Å². The van der Waals surface area contributed by atoms with Gasteiger partial charge in [-0.05, 0) is 92.4 Å². The maximum atomic E-state index is 12.7. The third kappa shape index (κ3) is 8.62. The van der Waals surface area contributed by atoms with Crippen molar-refractivity contribution in [2.75, 3.05) is 0 Å². The molecule has 0 radical (unpaired) electrons. The highest BCUT2D eigenvalue weighted by Crippen LogP contribution is 2.34. The summed E-state index contributed by atoms with van der Waals surface area (Å²) in [7, 11) is 0. The average molecular weight is 453 g/mol. The zero-order valence-electron chi connectivity index (χ0n) is 21.6. The summed E-state index contributed by atoms with van der Waals surface area (Å²) in [5.41, 5.74) is 3.42. The second kappa shape index (κ2) is 14.0. The van der Waals surface area contributed by atoms with Crippen molar-refractivity contribution in [2.45, 2.75) is 123 Å². The van der Waals surface area contributed by atoms with Gasteiger partial charge in [-0.2, -0.15) is 0 Å². The minimum atomic E-state index is -0.143. The van der Waals surface area contributed by atoms with Crippen molar-refractivity contribution in [3.63, 3.8) is 0 Å². The zero-order chi connectivity index (χ0) is 23.5. The standard InChI is InChI=1S/C31H48O2/c1-4-6-7-8-9-10-25-13-21-30(22-14-25)33-31(32)29-19-17-28(18-20-29)27-15-11-26(12-16-27)23-24(3)5-2/h15,17-20,24-26,30H,4-14,16,21-23H2,1-3H3/t24?,25-,26?,30-. The van der Waals surface area contributed by atoms with Crippen molar-refractivity contribution < 1.29 is 9.53 Å². The van der Waals surface area contributed by atoms with Gasteiger partial charge in [0, 0.05) is 0 Å². The first-order valence-electron chi connectivity index (χ1n) is 14.1. The molecule has 2 aliphatic carbocycles. The molecule has 0 heterocycles. The van der Waals surface area contributed by atoms with Crippen molar-refractivity contribution >= 4 is 11.5 Å². The normalized spacial score (nSPS) is 24.2. The highest BCUT2D eigenvalue weighted by atomic mass is 16.5. The quantitative estimate of drug-likeness (QED) is 0.233. The Bertz CT molecular complexity index is 724. The van der Waals surface area contributed by atoms with Crippen molar-refractivity contribution in [2.24, 2.45) is 17.8 Å². The van der Waals surface area contributed by atoms with E-state index in [4.69, 9.17) is 4.74 Å². The summed E-state index contributed by atoms with van der Waals surface area (Å²) in [6.07, 6.45) is 21.5. The molecule has 2 unspecified atom stereocenters. The van der Waals surface area contributed by atoms with Crippen LogP contribution in [0, 0.1) is 17.8 Å². The molecular weight excluding hydrogens is 404 g/mol. The predicted octanol–water partition coefficient (Wildman–Crippen LogP) is 9.38. The number of carbonyl (C=O) groups is 1. The van der Waals surface area contributed by atoms with E-state index in [1.165, 1.54) is 88.2 Å². The van der Waals surface area contributed by atoms with E-state index in [9.17, 15) is 4.79 Å². The average Bonchev–Trinajstić information content (AvgIpc) is 2.85. The van der Waals surface area contributed by atoms with Crippen molar-refractivity contribution in [3.05, 3.63) is 41.5 Å². The Morgan fingerprint density at radius 2 is 1.67 bits per heavy atom. The van der Waals surface area contributed by atoms with Crippen molar-refractivity contribution in [3.8, 4) is 0 Å². The molecule has 0 spiro atoms. The van der Waals surface area contributed by atoms with Crippen LogP contribution >= 0.6 is 0 Å². The molecule has 0 aliphatic heterocycles. The van der Waals surface area contributed by atoms with E-state index >= 15 is 0 Å². The van der Waals surface area contributed by atoms with Crippen molar-refractivity contribution in [1.82, 2.24) is 0 Å². The number of hydrogen-bond donors (Lipinski definition) is 0. The van der Waals surface area contributed by atoms with Gasteiger partial charge in [0.25, 0.3) is 0 Å². The Morgan fingerprint density at radius 1 is 0.939 bits per heavy atom. The number of allylic oxidation sites excluding steroid dienone is 2. The molecule has 0 bridgehead atoms. The highest BCUT2D eigenvalue weighted by Gasteiger charge is 2.24. The van der Waals surface area contributed by atoms with Gasteiger partial charge >= 0.3 is 5.97 Å². The second-order valence-corrected chi connectivity index (χ2v) is 10.9. The number of ether oxygens (including phenoxy) is 1. The van der Waals surface area contributed by atoms with Crippen LogP contribution in [0.25, 0.3) is 5.57 Å². The number of benzene rings is 1. The molecule has 2 heteroatoms. The molecule has 2 atom stereocenters. The number of rotatable bonds is 12.